The molecular formula is C17H26N2O5S. The van der Waals surface area contributed by atoms with Gasteiger partial charge >= 0.3 is 6.09 Å². The number of ether oxygens (including phenoxy) is 2. The van der Waals surface area contributed by atoms with Crippen molar-refractivity contribution in [2.45, 2.75) is 31.1 Å². The monoisotopic (exact) mass is 370 g/mol. The van der Waals surface area contributed by atoms with Crippen LogP contribution in [0.4, 0.5) is 4.79 Å². The zero-order valence-electron chi connectivity index (χ0n) is 15.4. The fraction of sp³-hybridized carbons (Fsp3) is 0.588. The lowest BCUT2D eigenvalue weighted by atomic mass is 9.86. The molecule has 2 rings (SSSR count). The summed E-state index contributed by atoms with van der Waals surface area (Å²) in [6, 6.07) is 4.94. The molecule has 1 aliphatic rings. The molecular weight excluding hydrogens is 344 g/mol. The van der Waals surface area contributed by atoms with E-state index >= 15 is 0 Å². The van der Waals surface area contributed by atoms with Crippen LogP contribution in [0, 0.1) is 0 Å². The van der Waals surface area contributed by atoms with E-state index in [1.54, 1.807) is 25.3 Å². The van der Waals surface area contributed by atoms with Gasteiger partial charge in [-0.3, -0.25) is 0 Å². The van der Waals surface area contributed by atoms with Crippen LogP contribution in [0.25, 0.3) is 0 Å². The molecule has 7 nitrogen and oxygen atoms in total. The van der Waals surface area contributed by atoms with Gasteiger partial charge in [0, 0.05) is 31.7 Å². The lowest BCUT2D eigenvalue weighted by Gasteiger charge is -2.33. The fourth-order valence-corrected chi connectivity index (χ4v) is 4.27. The number of hydrogen-bond acceptors (Lipinski definition) is 5. The normalized spacial score (nSPS) is 16.6. The predicted octanol–water partition coefficient (Wildman–Crippen LogP) is 2.07. The Labute approximate surface area is 149 Å². The lowest BCUT2D eigenvalue weighted by molar-refractivity contribution is 0.108. The summed E-state index contributed by atoms with van der Waals surface area (Å²) in [6.07, 6.45) is -0.434. The van der Waals surface area contributed by atoms with E-state index in [0.717, 1.165) is 5.56 Å². The smallest absolute Gasteiger partial charge is 0.409 e. The molecule has 0 saturated carbocycles. The Morgan fingerprint density at radius 2 is 1.68 bits per heavy atom. The van der Waals surface area contributed by atoms with Crippen molar-refractivity contribution in [3.05, 3.63) is 23.8 Å². The highest BCUT2D eigenvalue weighted by atomic mass is 32.2. The van der Waals surface area contributed by atoms with E-state index in [-0.39, 0.29) is 23.4 Å². The van der Waals surface area contributed by atoms with Crippen molar-refractivity contribution in [1.82, 2.24) is 9.21 Å². The van der Waals surface area contributed by atoms with Gasteiger partial charge in [-0.05, 0) is 23.6 Å². The summed E-state index contributed by atoms with van der Waals surface area (Å²) in [5.41, 5.74) is 0.588. The molecule has 1 saturated heterocycles. The molecule has 8 heteroatoms. The van der Waals surface area contributed by atoms with Gasteiger partial charge in [-0.25, -0.2) is 13.2 Å². The number of benzene rings is 1. The van der Waals surface area contributed by atoms with Crippen molar-refractivity contribution in [2.75, 3.05) is 40.4 Å². The van der Waals surface area contributed by atoms with Crippen LogP contribution >= 0.6 is 0 Å². The summed E-state index contributed by atoms with van der Waals surface area (Å²) < 4.78 is 37.4. The third-order valence-electron chi connectivity index (χ3n) is 4.29. The Balaban J connectivity index is 2.28. The summed E-state index contributed by atoms with van der Waals surface area (Å²) in [5, 5.41) is 0. The molecule has 140 valence electrons. The first-order valence-electron chi connectivity index (χ1n) is 8.13. The molecule has 0 unspecified atom stereocenters. The Morgan fingerprint density at radius 3 is 2.16 bits per heavy atom. The van der Waals surface area contributed by atoms with E-state index in [4.69, 9.17) is 4.74 Å². The zero-order chi connectivity index (χ0) is 18.8. The molecule has 1 aromatic carbocycles. The molecule has 0 atom stereocenters. The second-order valence-electron chi connectivity index (χ2n) is 6.97. The maximum Gasteiger partial charge on any atom is 0.409 e. The number of hydrogen-bond donors (Lipinski definition) is 0. The molecule has 0 radical (unpaired) electrons. The van der Waals surface area contributed by atoms with Gasteiger partial charge in [0.25, 0.3) is 0 Å². The third kappa shape index (κ3) is 4.07. The largest absolute Gasteiger partial charge is 0.496 e. The van der Waals surface area contributed by atoms with Gasteiger partial charge in [-0.1, -0.05) is 20.8 Å². The first-order chi connectivity index (χ1) is 11.6. The second-order valence-corrected chi connectivity index (χ2v) is 8.91. The summed E-state index contributed by atoms with van der Waals surface area (Å²) in [4.78, 5) is 13.3. The quantitative estimate of drug-likeness (QED) is 0.814. The van der Waals surface area contributed by atoms with E-state index in [9.17, 15) is 13.2 Å². The molecule has 1 amide bonds. The van der Waals surface area contributed by atoms with Crippen LogP contribution in [-0.4, -0.2) is 64.1 Å². The van der Waals surface area contributed by atoms with E-state index in [0.29, 0.717) is 18.8 Å². The number of carbonyl (C=O) groups excluding carboxylic acids is 1. The maximum absolute atomic E-state index is 13.0. The summed E-state index contributed by atoms with van der Waals surface area (Å²) in [7, 11) is -0.736. The van der Waals surface area contributed by atoms with Gasteiger partial charge < -0.3 is 14.4 Å². The van der Waals surface area contributed by atoms with Gasteiger partial charge in [0.2, 0.25) is 10.0 Å². The van der Waals surface area contributed by atoms with Gasteiger partial charge in [-0.15, -0.1) is 0 Å². The highest BCUT2D eigenvalue weighted by molar-refractivity contribution is 7.89. The molecule has 1 heterocycles. The third-order valence-corrected chi connectivity index (χ3v) is 6.18. The Morgan fingerprint density at radius 1 is 1.08 bits per heavy atom. The second kappa shape index (κ2) is 7.21. The minimum Gasteiger partial charge on any atom is -0.496 e. The Bertz CT molecular complexity index is 732. The van der Waals surface area contributed by atoms with Crippen LogP contribution in [0.3, 0.4) is 0 Å². The van der Waals surface area contributed by atoms with E-state index in [2.05, 4.69) is 4.74 Å². The van der Waals surface area contributed by atoms with Crippen LogP contribution in [-0.2, 0) is 20.2 Å². The molecule has 0 spiro atoms. The van der Waals surface area contributed by atoms with Crippen LogP contribution in [0.1, 0.15) is 26.3 Å². The van der Waals surface area contributed by atoms with E-state index in [1.165, 1.54) is 16.3 Å². The highest BCUT2D eigenvalue weighted by Crippen LogP contribution is 2.34. The Hall–Kier alpha value is -1.80. The predicted molar refractivity (Wildman–Crippen MR) is 94.4 cm³/mol. The van der Waals surface area contributed by atoms with Crippen molar-refractivity contribution in [2.24, 2.45) is 0 Å². The lowest BCUT2D eigenvalue weighted by Crippen LogP contribution is -2.50. The van der Waals surface area contributed by atoms with Gasteiger partial charge in [0.1, 0.15) is 5.75 Å². The topological polar surface area (TPSA) is 76.2 Å². The van der Waals surface area contributed by atoms with Gasteiger partial charge in [-0.2, -0.15) is 4.31 Å². The van der Waals surface area contributed by atoms with Crippen molar-refractivity contribution < 1.29 is 22.7 Å². The molecule has 1 fully saturated rings. The molecule has 0 aliphatic carbocycles. The molecule has 0 aromatic heterocycles. The number of piperazine rings is 1. The number of nitrogens with zero attached hydrogens (tertiary/aromatic N) is 2. The van der Waals surface area contributed by atoms with Crippen LogP contribution in [0.15, 0.2) is 23.1 Å². The average molecular weight is 370 g/mol. The van der Waals surface area contributed by atoms with Crippen molar-refractivity contribution in [3.8, 4) is 5.75 Å². The first-order valence-corrected chi connectivity index (χ1v) is 9.57. The molecule has 0 N–H and O–H groups in total. The molecule has 25 heavy (non-hydrogen) atoms. The van der Waals surface area contributed by atoms with Crippen LogP contribution in [0.2, 0.25) is 0 Å². The van der Waals surface area contributed by atoms with E-state index < -0.39 is 16.1 Å². The van der Waals surface area contributed by atoms with Gasteiger partial charge in [0.05, 0.1) is 19.1 Å². The zero-order valence-corrected chi connectivity index (χ0v) is 16.2. The van der Waals surface area contributed by atoms with Crippen molar-refractivity contribution in [1.29, 1.82) is 0 Å². The number of carbonyl (C=O) groups is 1. The average Bonchev–Trinajstić information content (AvgIpc) is 2.59. The maximum atomic E-state index is 13.0. The van der Waals surface area contributed by atoms with Gasteiger partial charge in [0.15, 0.2) is 0 Å². The number of rotatable bonds is 3. The minimum absolute atomic E-state index is 0.241. The SMILES string of the molecule is COC(=O)N1CCN(S(=O)(=O)c2ccc(OC)c(C(C)(C)C)c2)CC1. The highest BCUT2D eigenvalue weighted by Gasteiger charge is 2.31. The summed E-state index contributed by atoms with van der Waals surface area (Å²) >= 11 is 0. The number of amides is 1. The molecule has 1 aliphatic heterocycles. The fourth-order valence-electron chi connectivity index (χ4n) is 2.82. The summed E-state index contributed by atoms with van der Waals surface area (Å²) in [6.45, 7) is 7.15. The molecule has 0 bridgehead atoms. The summed E-state index contributed by atoms with van der Waals surface area (Å²) in [5.74, 6) is 0.668. The molecule has 1 aromatic rings. The van der Waals surface area contributed by atoms with Crippen molar-refractivity contribution in [3.63, 3.8) is 0 Å². The van der Waals surface area contributed by atoms with Crippen molar-refractivity contribution >= 4 is 16.1 Å². The standard InChI is InChI=1S/C17H26N2O5S/c1-17(2,3)14-12-13(6-7-15(14)23-4)25(21,22)19-10-8-18(9-11-19)16(20)24-5/h6-7,12H,8-11H2,1-5H3. The number of methoxy groups -OCH3 is 2. The minimum atomic E-state index is -3.63. The van der Waals surface area contributed by atoms with Crippen LogP contribution in [0.5, 0.6) is 5.75 Å². The van der Waals surface area contributed by atoms with Crippen LogP contribution < -0.4 is 4.74 Å². The van der Waals surface area contributed by atoms with E-state index in [1.807, 2.05) is 20.8 Å². The first kappa shape index (κ1) is 19.5. The Kier molecular flexibility index (Phi) is 5.63. The number of sulfonamides is 1.